The third-order valence-corrected chi connectivity index (χ3v) is 7.83. The molecule has 0 radical (unpaired) electrons. The van der Waals surface area contributed by atoms with Crippen LogP contribution in [0.2, 0.25) is 10.0 Å². The van der Waals surface area contributed by atoms with Crippen molar-refractivity contribution in [2.24, 2.45) is 0 Å². The summed E-state index contributed by atoms with van der Waals surface area (Å²) in [6.07, 6.45) is -4.01. The third kappa shape index (κ3) is 5.58. The number of imidazole rings is 1. The van der Waals surface area contributed by atoms with Gasteiger partial charge in [-0.15, -0.1) is 13.2 Å². The number of aromatic nitrogens is 2. The number of alkyl halides is 3. The molecular formula is C24H19Cl2F3N2O3S. The van der Waals surface area contributed by atoms with Gasteiger partial charge in [0.15, 0.2) is 9.84 Å². The summed E-state index contributed by atoms with van der Waals surface area (Å²) >= 11 is 13.0. The second kappa shape index (κ2) is 9.72. The minimum atomic E-state index is -4.88. The van der Waals surface area contributed by atoms with Crippen molar-refractivity contribution >= 4 is 44.1 Å². The monoisotopic (exact) mass is 542 g/mol. The Bertz CT molecular complexity index is 1480. The molecule has 0 unspecified atom stereocenters. The zero-order valence-corrected chi connectivity index (χ0v) is 20.6. The number of hydrogen-bond donors (Lipinski definition) is 1. The van der Waals surface area contributed by atoms with Gasteiger partial charge in [-0.3, -0.25) is 0 Å². The van der Waals surface area contributed by atoms with Crippen molar-refractivity contribution in [2.45, 2.75) is 31.0 Å². The Hall–Kier alpha value is -2.75. The molecule has 1 N–H and O–H groups in total. The first-order valence-corrected chi connectivity index (χ1v) is 12.9. The van der Waals surface area contributed by atoms with Crippen LogP contribution in [0.4, 0.5) is 13.2 Å². The number of aromatic amines is 1. The van der Waals surface area contributed by atoms with Crippen LogP contribution in [-0.4, -0.2) is 30.5 Å². The summed E-state index contributed by atoms with van der Waals surface area (Å²) in [6, 6.07) is 13.7. The van der Waals surface area contributed by atoms with Crippen LogP contribution in [0.3, 0.4) is 0 Å². The summed E-state index contributed by atoms with van der Waals surface area (Å²) < 4.78 is 67.3. The van der Waals surface area contributed by atoms with Gasteiger partial charge in [0.05, 0.1) is 26.2 Å². The van der Waals surface area contributed by atoms with Gasteiger partial charge < -0.3 is 9.72 Å². The molecule has 0 aliphatic rings. The van der Waals surface area contributed by atoms with Crippen LogP contribution in [0, 0.1) is 0 Å². The molecule has 3 aromatic carbocycles. The number of para-hydroxylation sites is 1. The van der Waals surface area contributed by atoms with Crippen LogP contribution in [0.5, 0.6) is 5.75 Å². The Morgan fingerprint density at radius 2 is 1.74 bits per heavy atom. The van der Waals surface area contributed by atoms with Gasteiger partial charge in [0.2, 0.25) is 0 Å². The van der Waals surface area contributed by atoms with Gasteiger partial charge in [0.25, 0.3) is 0 Å². The van der Waals surface area contributed by atoms with E-state index in [4.69, 9.17) is 23.2 Å². The molecule has 1 heterocycles. The van der Waals surface area contributed by atoms with Gasteiger partial charge in [0.1, 0.15) is 17.1 Å². The smallest absolute Gasteiger partial charge is 0.405 e. The van der Waals surface area contributed by atoms with Crippen molar-refractivity contribution in [3.8, 4) is 16.9 Å². The highest BCUT2D eigenvalue weighted by molar-refractivity contribution is 7.91. The standard InChI is InChI=1S/C24H19Cl2F3N2O3S/c1-2-11-35(32,33)15-9-7-14(8-10-15)12-20-30-18-13-17(25)21(22(26)23(18)31-20)16-5-3-4-6-19(16)34-24(27,28)29/h3-10,13H,2,11-12H2,1H3,(H,30,31). The van der Waals surface area contributed by atoms with E-state index in [1.54, 1.807) is 43.3 Å². The summed E-state index contributed by atoms with van der Waals surface area (Å²) in [4.78, 5) is 7.88. The molecule has 0 aliphatic carbocycles. The molecule has 0 spiro atoms. The van der Waals surface area contributed by atoms with E-state index in [9.17, 15) is 21.6 Å². The fourth-order valence-corrected chi connectivity index (χ4v) is 5.77. The van der Waals surface area contributed by atoms with Crippen LogP contribution in [0.15, 0.2) is 59.5 Å². The number of hydrogen-bond acceptors (Lipinski definition) is 4. The molecule has 4 rings (SSSR count). The first-order valence-electron chi connectivity index (χ1n) is 10.5. The highest BCUT2D eigenvalue weighted by Crippen LogP contribution is 2.44. The molecule has 1 aromatic heterocycles. The van der Waals surface area contributed by atoms with Crippen LogP contribution in [-0.2, 0) is 16.3 Å². The molecule has 5 nitrogen and oxygen atoms in total. The number of benzene rings is 3. The van der Waals surface area contributed by atoms with Crippen molar-refractivity contribution in [1.82, 2.24) is 9.97 Å². The molecule has 0 amide bonds. The summed E-state index contributed by atoms with van der Waals surface area (Å²) in [5.41, 5.74) is 1.91. The van der Waals surface area contributed by atoms with Gasteiger partial charge in [0, 0.05) is 17.5 Å². The zero-order valence-electron chi connectivity index (χ0n) is 18.3. The second-order valence-corrected chi connectivity index (χ2v) is 10.7. The van der Waals surface area contributed by atoms with E-state index in [0.29, 0.717) is 29.7 Å². The molecule has 0 aliphatic heterocycles. The molecule has 11 heteroatoms. The molecule has 0 bridgehead atoms. The molecule has 184 valence electrons. The van der Waals surface area contributed by atoms with Gasteiger partial charge in [-0.2, -0.15) is 0 Å². The molecule has 0 fully saturated rings. The Morgan fingerprint density at radius 3 is 2.40 bits per heavy atom. The summed E-state index contributed by atoms with van der Waals surface area (Å²) in [5.74, 6) is 0.172. The first-order chi connectivity index (χ1) is 16.5. The fourth-order valence-electron chi connectivity index (χ4n) is 3.74. The Labute approximate surface area is 209 Å². The molecule has 4 aromatic rings. The summed E-state index contributed by atoms with van der Waals surface area (Å²) in [5, 5.41) is 0.204. The second-order valence-electron chi connectivity index (χ2n) is 7.81. The van der Waals surface area contributed by atoms with Gasteiger partial charge in [-0.05, 0) is 36.2 Å². The maximum Gasteiger partial charge on any atom is 0.573 e. The highest BCUT2D eigenvalue weighted by atomic mass is 35.5. The quantitative estimate of drug-likeness (QED) is 0.267. The van der Waals surface area contributed by atoms with Crippen LogP contribution in [0.1, 0.15) is 24.7 Å². The maximum absolute atomic E-state index is 12.9. The predicted molar refractivity (Wildman–Crippen MR) is 130 cm³/mol. The van der Waals surface area contributed by atoms with Crippen LogP contribution >= 0.6 is 23.2 Å². The maximum atomic E-state index is 12.9. The number of ether oxygens (including phenoxy) is 1. The van der Waals surface area contributed by atoms with Crippen LogP contribution in [0.25, 0.3) is 22.2 Å². The Morgan fingerprint density at radius 1 is 1.06 bits per heavy atom. The van der Waals surface area contributed by atoms with Crippen molar-refractivity contribution in [3.05, 3.63) is 76.0 Å². The number of nitrogens with one attached hydrogen (secondary N) is 1. The number of fused-ring (bicyclic) bond motifs is 1. The van der Waals surface area contributed by atoms with Crippen molar-refractivity contribution in [1.29, 1.82) is 0 Å². The van der Waals surface area contributed by atoms with Crippen LogP contribution < -0.4 is 4.74 Å². The number of sulfone groups is 1. The van der Waals surface area contributed by atoms with Gasteiger partial charge in [-0.25, -0.2) is 13.4 Å². The van der Waals surface area contributed by atoms with E-state index in [1.807, 2.05) is 0 Å². The highest BCUT2D eigenvalue weighted by Gasteiger charge is 2.33. The largest absolute Gasteiger partial charge is 0.573 e. The normalized spacial score (nSPS) is 12.3. The van der Waals surface area contributed by atoms with E-state index >= 15 is 0 Å². The van der Waals surface area contributed by atoms with E-state index in [2.05, 4.69) is 14.7 Å². The van der Waals surface area contributed by atoms with Crippen molar-refractivity contribution < 1.29 is 26.3 Å². The lowest BCUT2D eigenvalue weighted by Crippen LogP contribution is -2.17. The minimum Gasteiger partial charge on any atom is -0.405 e. The van der Waals surface area contributed by atoms with Crippen molar-refractivity contribution in [3.63, 3.8) is 0 Å². The Balaban J connectivity index is 1.69. The average molecular weight is 543 g/mol. The zero-order chi connectivity index (χ0) is 25.4. The Kier molecular flexibility index (Phi) is 7.04. The van der Waals surface area contributed by atoms with Crippen molar-refractivity contribution in [2.75, 3.05) is 5.75 Å². The first kappa shape index (κ1) is 25.3. The predicted octanol–water partition coefficient (Wildman–Crippen LogP) is 7.21. The van der Waals surface area contributed by atoms with E-state index in [-0.39, 0.29) is 31.8 Å². The van der Waals surface area contributed by atoms with Gasteiger partial charge in [-0.1, -0.05) is 60.5 Å². The summed E-state index contributed by atoms with van der Waals surface area (Å²) in [7, 11) is -3.31. The molecule has 0 saturated carbocycles. The molecule has 0 atom stereocenters. The molecule has 35 heavy (non-hydrogen) atoms. The molecule has 0 saturated heterocycles. The third-order valence-electron chi connectivity index (χ3n) is 5.23. The number of halogens is 5. The SMILES string of the molecule is CCCS(=O)(=O)c1ccc(Cc2nc3c(Cl)c(-c4ccccc4OC(F)(F)F)c(Cl)cc3[nH]2)cc1. The number of nitrogens with zero attached hydrogens (tertiary/aromatic N) is 1. The number of H-pyrrole nitrogens is 1. The average Bonchev–Trinajstić information content (AvgIpc) is 3.16. The lowest BCUT2D eigenvalue weighted by molar-refractivity contribution is -0.274. The molecular weight excluding hydrogens is 524 g/mol. The van der Waals surface area contributed by atoms with Gasteiger partial charge >= 0.3 is 6.36 Å². The lowest BCUT2D eigenvalue weighted by Gasteiger charge is -2.15. The summed E-state index contributed by atoms with van der Waals surface area (Å²) in [6.45, 7) is 1.80. The fraction of sp³-hybridized carbons (Fsp3) is 0.208. The van der Waals surface area contributed by atoms with E-state index in [0.717, 1.165) is 5.56 Å². The number of rotatable bonds is 7. The van der Waals surface area contributed by atoms with E-state index < -0.39 is 21.9 Å². The van der Waals surface area contributed by atoms with E-state index in [1.165, 1.54) is 18.2 Å². The lowest BCUT2D eigenvalue weighted by atomic mass is 10.0. The topological polar surface area (TPSA) is 72.1 Å². The minimum absolute atomic E-state index is 0.0780.